The summed E-state index contributed by atoms with van der Waals surface area (Å²) in [6.45, 7) is 7.04. The largest absolute Gasteiger partial charge is 0.481 e. The van der Waals surface area contributed by atoms with Crippen LogP contribution in [0.3, 0.4) is 0 Å². The number of aryl methyl sites for hydroxylation is 1. The Morgan fingerprint density at radius 2 is 1.56 bits per heavy atom. The Kier molecular flexibility index (Phi) is 16.2. The van der Waals surface area contributed by atoms with Gasteiger partial charge in [0.25, 0.3) is 5.91 Å². The number of rotatable bonds is 19. The molecule has 4 aromatic rings. The van der Waals surface area contributed by atoms with Crippen LogP contribution in [0.25, 0.3) is 10.9 Å². The summed E-state index contributed by atoms with van der Waals surface area (Å²) < 4.78 is 5.50. The smallest absolute Gasteiger partial charge is 0.408 e. The van der Waals surface area contributed by atoms with Gasteiger partial charge in [0, 0.05) is 35.8 Å². The van der Waals surface area contributed by atoms with Gasteiger partial charge >= 0.3 is 18.1 Å². The van der Waals surface area contributed by atoms with Crippen molar-refractivity contribution < 1.29 is 43.4 Å². The van der Waals surface area contributed by atoms with E-state index in [1.54, 1.807) is 87.3 Å². The topological polar surface area (TPSA) is 259 Å². The number of aromatic amines is 1. The van der Waals surface area contributed by atoms with Crippen LogP contribution in [-0.4, -0.2) is 104 Å². The van der Waals surface area contributed by atoms with E-state index >= 15 is 4.79 Å². The summed E-state index contributed by atoms with van der Waals surface area (Å²) in [4.78, 5) is 103. The Morgan fingerprint density at radius 3 is 2.22 bits per heavy atom. The number of nitrogens with one attached hydrogen (secondary N) is 4. The zero-order valence-corrected chi connectivity index (χ0v) is 36.1. The van der Waals surface area contributed by atoms with E-state index in [1.165, 1.54) is 0 Å². The van der Waals surface area contributed by atoms with Gasteiger partial charge in [-0.05, 0) is 95.2 Å². The zero-order chi connectivity index (χ0) is 45.8. The molecule has 1 fully saturated rings. The summed E-state index contributed by atoms with van der Waals surface area (Å²) in [7, 11) is 0. The van der Waals surface area contributed by atoms with Crippen LogP contribution in [-0.2, 0) is 41.7 Å². The van der Waals surface area contributed by atoms with Gasteiger partial charge in [0.15, 0.2) is 5.78 Å². The van der Waals surface area contributed by atoms with E-state index in [2.05, 4.69) is 20.9 Å². The third-order valence-corrected chi connectivity index (χ3v) is 10.9. The molecule has 1 aromatic heterocycles. The number of imide groups is 1. The zero-order valence-electron chi connectivity index (χ0n) is 36.1. The maximum absolute atomic E-state index is 15.2. The second kappa shape index (κ2) is 21.5. The Balaban J connectivity index is 1.56. The number of carboxylic acid groups (broad SMARTS) is 1. The van der Waals surface area contributed by atoms with Gasteiger partial charge in [0.1, 0.15) is 23.7 Å². The molecule has 9 N–H and O–H groups in total. The van der Waals surface area contributed by atoms with Crippen molar-refractivity contribution in [2.75, 3.05) is 11.9 Å². The van der Waals surface area contributed by atoms with Gasteiger partial charge in [-0.15, -0.1) is 0 Å². The number of likely N-dealkylation sites (tertiary alicyclic amines) is 1. The van der Waals surface area contributed by atoms with E-state index in [0.717, 1.165) is 16.5 Å². The molecule has 2 heterocycles. The van der Waals surface area contributed by atoms with Gasteiger partial charge in [0.05, 0.1) is 18.5 Å². The molecule has 5 rings (SSSR count). The Hall–Kier alpha value is -6.59. The lowest BCUT2D eigenvalue weighted by Crippen LogP contribution is -2.61. The van der Waals surface area contributed by atoms with Crippen LogP contribution in [0.2, 0.25) is 0 Å². The third-order valence-electron chi connectivity index (χ3n) is 10.9. The summed E-state index contributed by atoms with van der Waals surface area (Å²) in [5, 5.41) is 19.1. The second-order valence-corrected chi connectivity index (χ2v) is 16.7. The predicted molar refractivity (Wildman–Crippen MR) is 236 cm³/mol. The average Bonchev–Trinajstić information content (AvgIpc) is 3.84. The lowest BCUT2D eigenvalue weighted by atomic mass is 9.96. The molecule has 63 heavy (non-hydrogen) atoms. The molecule has 1 aliphatic rings. The number of anilines is 1. The minimum atomic E-state index is -1.91. The van der Waals surface area contributed by atoms with Crippen molar-refractivity contribution in [3.8, 4) is 0 Å². The first-order valence-corrected chi connectivity index (χ1v) is 21.1. The van der Waals surface area contributed by atoms with Crippen molar-refractivity contribution in [3.63, 3.8) is 0 Å². The van der Waals surface area contributed by atoms with Gasteiger partial charge in [-0.1, -0.05) is 66.7 Å². The van der Waals surface area contributed by atoms with Crippen molar-refractivity contribution in [2.45, 2.75) is 115 Å². The lowest BCUT2D eigenvalue weighted by molar-refractivity contribution is -0.146. The number of aromatic nitrogens is 1. The van der Waals surface area contributed by atoms with Crippen LogP contribution < -0.4 is 27.4 Å². The first kappa shape index (κ1) is 47.5. The van der Waals surface area contributed by atoms with Crippen LogP contribution in [0.1, 0.15) is 76.0 Å². The maximum atomic E-state index is 15.2. The normalized spacial score (nSPS) is 16.7. The first-order valence-electron chi connectivity index (χ1n) is 21.1. The molecule has 17 nitrogen and oxygen atoms in total. The number of benzene rings is 3. The maximum Gasteiger partial charge on any atom is 0.408 e. The molecular formula is C46H58N8O9. The summed E-state index contributed by atoms with van der Waals surface area (Å²) in [6, 6.07) is 15.2. The third kappa shape index (κ3) is 12.7. The molecule has 1 saturated heterocycles. The number of Topliss-reactive ketones (excluding diaryl/α,β-unsaturated/α-hetero) is 1. The number of amides is 6. The highest BCUT2D eigenvalue weighted by molar-refractivity contribution is 6.09. The van der Waals surface area contributed by atoms with E-state index in [0.29, 0.717) is 22.4 Å². The van der Waals surface area contributed by atoms with E-state index < -0.39 is 83.8 Å². The van der Waals surface area contributed by atoms with Crippen LogP contribution >= 0.6 is 0 Å². The molecule has 0 saturated carbocycles. The molecule has 336 valence electrons. The fraction of sp³-hybridized carbons (Fsp3) is 0.413. The lowest BCUT2D eigenvalue weighted by Gasteiger charge is -2.35. The molecule has 6 amide bonds. The number of nitrogens with two attached hydrogens (primary N) is 2. The van der Waals surface area contributed by atoms with Gasteiger partial charge in [-0.3, -0.25) is 33.8 Å². The summed E-state index contributed by atoms with van der Waals surface area (Å²) in [6.07, 6.45) is 0.630. The summed E-state index contributed by atoms with van der Waals surface area (Å²) >= 11 is 0. The summed E-state index contributed by atoms with van der Waals surface area (Å²) in [5.41, 5.74) is 13.8. The number of primary amides is 1. The Morgan fingerprint density at radius 1 is 0.889 bits per heavy atom. The van der Waals surface area contributed by atoms with E-state index in [1.807, 2.05) is 30.3 Å². The molecule has 0 aliphatic carbocycles. The van der Waals surface area contributed by atoms with Crippen molar-refractivity contribution in [1.82, 2.24) is 25.4 Å². The van der Waals surface area contributed by atoms with Crippen LogP contribution in [0.4, 0.5) is 15.3 Å². The highest BCUT2D eigenvalue weighted by Gasteiger charge is 2.48. The molecular weight excluding hydrogens is 809 g/mol. The number of carboxylic acids is 1. The van der Waals surface area contributed by atoms with Crippen molar-refractivity contribution in [3.05, 3.63) is 102 Å². The number of hydrogen-bond donors (Lipinski definition) is 7. The van der Waals surface area contributed by atoms with Crippen molar-refractivity contribution in [1.29, 1.82) is 0 Å². The highest BCUT2D eigenvalue weighted by Crippen LogP contribution is 2.30. The average molecular weight is 867 g/mol. The number of carbonyl (C=O) groups is 7. The number of para-hydroxylation sites is 2. The number of ketones is 1. The van der Waals surface area contributed by atoms with Gasteiger partial charge in [-0.25, -0.2) is 9.59 Å². The molecule has 17 heteroatoms. The summed E-state index contributed by atoms with van der Waals surface area (Å²) in [5.74, 6) is -4.87. The number of alkyl carbamates (subject to hydrolysis) is 1. The molecule has 0 radical (unpaired) electrons. The van der Waals surface area contributed by atoms with E-state index in [9.17, 15) is 33.9 Å². The minimum absolute atomic E-state index is 0.0453. The van der Waals surface area contributed by atoms with E-state index in [4.69, 9.17) is 16.2 Å². The SMILES string of the molecule is Cc1ccccc1NC(=O)N(C(=O)C(CCCCN)NC(=O)C(Cc1c[nH]c2ccccc12)NC(=O)OC(C)(C)C)C(CC(=O)O)C(=O)C1CC[C@@H](C(N)=O)N1Cc1ccccc1. The van der Waals surface area contributed by atoms with Crippen molar-refractivity contribution >= 4 is 58.2 Å². The Bertz CT molecular complexity index is 2270. The number of carbonyl (C=O) groups excluding carboxylic acids is 6. The van der Waals surface area contributed by atoms with Crippen molar-refractivity contribution in [2.24, 2.45) is 11.5 Å². The highest BCUT2D eigenvalue weighted by atomic mass is 16.6. The molecule has 4 unspecified atom stereocenters. The number of ether oxygens (including phenoxy) is 1. The molecule has 1 aliphatic heterocycles. The number of H-pyrrole nitrogens is 1. The number of fused-ring (bicyclic) bond motifs is 1. The van der Waals surface area contributed by atoms with Gasteiger partial charge < -0.3 is 42.2 Å². The van der Waals surface area contributed by atoms with Crippen LogP contribution in [0.15, 0.2) is 85.1 Å². The van der Waals surface area contributed by atoms with Gasteiger partial charge in [0.2, 0.25) is 11.8 Å². The molecule has 5 atom stereocenters. The monoisotopic (exact) mass is 866 g/mol. The Labute approximate surface area is 366 Å². The standard InChI is InChI=1S/C46H58N8O9/c1-28-14-8-10-18-32(28)51-44(61)54(38(25-39(55)56)40(57)36-21-22-37(41(48)58)53(36)27-29-15-6-5-7-16-29)43(60)34(20-12-13-23-47)50-42(59)35(52-45(62)63-46(2,3)4)24-30-26-49-33-19-11-9-17-31(30)33/h5-11,14-19,26,34-38,49H,12-13,20-25,27,47H2,1-4H3,(H2,48,58)(H,50,59)(H,51,61)(H,52,62)(H,55,56)/t34?,35?,36?,37-,38?/m0/s1. The number of urea groups is 1. The fourth-order valence-electron chi connectivity index (χ4n) is 7.85. The molecule has 0 spiro atoms. The van der Waals surface area contributed by atoms with E-state index in [-0.39, 0.29) is 50.9 Å². The number of hydrogen-bond acceptors (Lipinski definition) is 10. The molecule has 0 bridgehead atoms. The van der Waals surface area contributed by atoms with Gasteiger partial charge in [-0.2, -0.15) is 0 Å². The minimum Gasteiger partial charge on any atom is -0.481 e. The predicted octanol–water partition coefficient (Wildman–Crippen LogP) is 4.52. The second-order valence-electron chi connectivity index (χ2n) is 16.7. The molecule has 3 aromatic carbocycles. The quantitative estimate of drug-likeness (QED) is 0.0645. The van der Waals surface area contributed by atoms with Crippen LogP contribution in [0, 0.1) is 6.92 Å². The first-order chi connectivity index (χ1) is 30.0. The van der Waals surface area contributed by atoms with Crippen LogP contribution in [0.5, 0.6) is 0 Å². The fourth-order valence-corrected chi connectivity index (χ4v) is 7.85. The number of unbranched alkanes of at least 4 members (excludes halogenated alkanes) is 1. The number of aliphatic carboxylic acids is 1. The number of nitrogens with zero attached hydrogens (tertiary/aromatic N) is 2.